The standard InChI is InChI=1S/C11H14ClNO2S/c1-9-4-3-7-13(9)16(14,15)11-6-2-5-10(12)8-11/h2,5-6,8-9H,3-4,7H2,1H3. The third kappa shape index (κ3) is 2.10. The third-order valence-corrected chi connectivity index (χ3v) is 5.14. The van der Waals surface area contributed by atoms with E-state index < -0.39 is 10.0 Å². The molecule has 3 nitrogen and oxygen atoms in total. The molecule has 1 heterocycles. The monoisotopic (exact) mass is 259 g/mol. The largest absolute Gasteiger partial charge is 0.243 e. The highest BCUT2D eigenvalue weighted by molar-refractivity contribution is 7.89. The maximum absolute atomic E-state index is 12.3. The summed E-state index contributed by atoms with van der Waals surface area (Å²) >= 11 is 5.81. The van der Waals surface area contributed by atoms with E-state index >= 15 is 0 Å². The second-order valence-corrected chi connectivity index (χ2v) is 6.39. The number of nitrogens with zero attached hydrogens (tertiary/aromatic N) is 1. The van der Waals surface area contributed by atoms with Crippen LogP contribution in [-0.4, -0.2) is 25.3 Å². The molecular formula is C11H14ClNO2S. The fourth-order valence-corrected chi connectivity index (χ4v) is 4.03. The molecule has 0 aliphatic carbocycles. The topological polar surface area (TPSA) is 37.4 Å². The minimum atomic E-state index is -3.36. The van der Waals surface area contributed by atoms with Gasteiger partial charge in [0.25, 0.3) is 0 Å². The van der Waals surface area contributed by atoms with Gasteiger partial charge < -0.3 is 0 Å². The van der Waals surface area contributed by atoms with Gasteiger partial charge in [-0.25, -0.2) is 8.42 Å². The molecule has 0 spiro atoms. The Balaban J connectivity index is 2.39. The van der Waals surface area contributed by atoms with Crippen molar-refractivity contribution < 1.29 is 8.42 Å². The summed E-state index contributed by atoms with van der Waals surface area (Å²) in [4.78, 5) is 0.286. The quantitative estimate of drug-likeness (QED) is 0.818. The summed E-state index contributed by atoms with van der Waals surface area (Å²) in [5, 5.41) is 0.452. The van der Waals surface area contributed by atoms with Gasteiger partial charge in [-0.2, -0.15) is 4.31 Å². The van der Waals surface area contributed by atoms with Crippen LogP contribution in [0.5, 0.6) is 0 Å². The molecule has 1 aromatic rings. The number of sulfonamides is 1. The molecule has 1 aliphatic rings. The third-order valence-electron chi connectivity index (χ3n) is 2.89. The lowest BCUT2D eigenvalue weighted by molar-refractivity contribution is 0.408. The van der Waals surface area contributed by atoms with E-state index in [0.717, 1.165) is 12.8 Å². The summed E-state index contributed by atoms with van der Waals surface area (Å²) in [7, 11) is -3.36. The normalized spacial score (nSPS) is 22.5. The van der Waals surface area contributed by atoms with E-state index in [1.807, 2.05) is 6.92 Å². The zero-order chi connectivity index (χ0) is 11.8. The first-order valence-electron chi connectivity index (χ1n) is 5.29. The van der Waals surface area contributed by atoms with Gasteiger partial charge in [0, 0.05) is 17.6 Å². The molecule has 1 unspecified atom stereocenters. The highest BCUT2D eigenvalue weighted by Gasteiger charge is 2.32. The minimum absolute atomic E-state index is 0.0870. The molecule has 0 bridgehead atoms. The molecule has 0 amide bonds. The van der Waals surface area contributed by atoms with Crippen molar-refractivity contribution in [2.24, 2.45) is 0 Å². The van der Waals surface area contributed by atoms with Crippen LogP contribution in [0, 0.1) is 0 Å². The second-order valence-electron chi connectivity index (χ2n) is 4.06. The first kappa shape index (κ1) is 11.9. The molecule has 1 fully saturated rings. The summed E-state index contributed by atoms with van der Waals surface area (Å²) in [5.41, 5.74) is 0. The van der Waals surface area contributed by atoms with Crippen LogP contribution >= 0.6 is 11.6 Å². The lowest BCUT2D eigenvalue weighted by Gasteiger charge is -2.20. The summed E-state index contributed by atoms with van der Waals surface area (Å²) < 4.78 is 26.1. The van der Waals surface area contributed by atoms with Crippen molar-refractivity contribution in [1.82, 2.24) is 4.31 Å². The van der Waals surface area contributed by atoms with Crippen LogP contribution in [0.4, 0.5) is 0 Å². The first-order valence-corrected chi connectivity index (χ1v) is 7.11. The number of rotatable bonds is 2. The maximum Gasteiger partial charge on any atom is 0.243 e. The molecule has 1 saturated heterocycles. The Labute approximate surface area is 101 Å². The molecule has 16 heavy (non-hydrogen) atoms. The van der Waals surface area contributed by atoms with Crippen LogP contribution in [0.25, 0.3) is 0 Å². The van der Waals surface area contributed by atoms with Crippen molar-refractivity contribution in [2.75, 3.05) is 6.54 Å². The Hall–Kier alpha value is -0.580. The van der Waals surface area contributed by atoms with Gasteiger partial charge in [0.2, 0.25) is 10.0 Å². The van der Waals surface area contributed by atoms with E-state index in [1.54, 1.807) is 22.5 Å². The number of hydrogen-bond acceptors (Lipinski definition) is 2. The summed E-state index contributed by atoms with van der Waals surface area (Å²) in [5.74, 6) is 0. The van der Waals surface area contributed by atoms with Gasteiger partial charge in [-0.15, -0.1) is 0 Å². The zero-order valence-corrected chi connectivity index (χ0v) is 10.6. The van der Waals surface area contributed by atoms with Crippen LogP contribution in [0.15, 0.2) is 29.2 Å². The van der Waals surface area contributed by atoms with Crippen molar-refractivity contribution in [2.45, 2.75) is 30.7 Å². The highest BCUT2D eigenvalue weighted by Crippen LogP contribution is 2.26. The van der Waals surface area contributed by atoms with Crippen molar-refractivity contribution in [3.8, 4) is 0 Å². The fraction of sp³-hybridized carbons (Fsp3) is 0.455. The van der Waals surface area contributed by atoms with E-state index in [-0.39, 0.29) is 10.9 Å². The lowest BCUT2D eigenvalue weighted by Crippen LogP contribution is -2.33. The average molecular weight is 260 g/mol. The first-order chi connectivity index (χ1) is 7.51. The average Bonchev–Trinajstić information content (AvgIpc) is 2.65. The van der Waals surface area contributed by atoms with E-state index in [4.69, 9.17) is 11.6 Å². The van der Waals surface area contributed by atoms with E-state index in [9.17, 15) is 8.42 Å². The van der Waals surface area contributed by atoms with Crippen molar-refractivity contribution in [1.29, 1.82) is 0 Å². The van der Waals surface area contributed by atoms with Gasteiger partial charge in [-0.1, -0.05) is 17.7 Å². The van der Waals surface area contributed by atoms with Crippen LogP contribution in [0.2, 0.25) is 5.02 Å². The molecule has 88 valence electrons. The summed E-state index contributed by atoms with van der Waals surface area (Å²) in [6.07, 6.45) is 1.86. The molecular weight excluding hydrogens is 246 g/mol. The Bertz CT molecular complexity index is 487. The van der Waals surface area contributed by atoms with Gasteiger partial charge in [-0.3, -0.25) is 0 Å². The zero-order valence-electron chi connectivity index (χ0n) is 9.06. The number of hydrogen-bond donors (Lipinski definition) is 0. The highest BCUT2D eigenvalue weighted by atomic mass is 35.5. The summed E-state index contributed by atoms with van der Waals surface area (Å²) in [6, 6.07) is 6.52. The molecule has 0 N–H and O–H groups in total. The Morgan fingerprint density at radius 3 is 2.75 bits per heavy atom. The Kier molecular flexibility index (Phi) is 3.24. The Morgan fingerprint density at radius 1 is 1.44 bits per heavy atom. The van der Waals surface area contributed by atoms with Crippen LogP contribution in [0.1, 0.15) is 19.8 Å². The predicted molar refractivity (Wildman–Crippen MR) is 64.0 cm³/mol. The Morgan fingerprint density at radius 2 is 2.19 bits per heavy atom. The maximum atomic E-state index is 12.3. The fourth-order valence-electron chi connectivity index (χ4n) is 2.03. The van der Waals surface area contributed by atoms with Gasteiger partial charge in [-0.05, 0) is 38.0 Å². The van der Waals surface area contributed by atoms with Crippen molar-refractivity contribution in [3.63, 3.8) is 0 Å². The molecule has 0 saturated carbocycles. The number of benzene rings is 1. The molecule has 1 aliphatic heterocycles. The van der Waals surface area contributed by atoms with Gasteiger partial charge >= 0.3 is 0 Å². The lowest BCUT2D eigenvalue weighted by atomic mass is 10.3. The molecule has 1 aromatic carbocycles. The van der Waals surface area contributed by atoms with Crippen molar-refractivity contribution in [3.05, 3.63) is 29.3 Å². The molecule has 5 heteroatoms. The molecule has 0 radical (unpaired) electrons. The molecule has 0 aromatic heterocycles. The second kappa shape index (κ2) is 4.35. The smallest absolute Gasteiger partial charge is 0.207 e. The number of halogens is 1. The SMILES string of the molecule is CC1CCCN1S(=O)(=O)c1cccc(Cl)c1. The van der Waals surface area contributed by atoms with E-state index in [0.29, 0.717) is 11.6 Å². The summed E-state index contributed by atoms with van der Waals surface area (Å²) in [6.45, 7) is 2.55. The predicted octanol–water partition coefficient (Wildman–Crippen LogP) is 2.51. The van der Waals surface area contributed by atoms with Crippen LogP contribution < -0.4 is 0 Å². The van der Waals surface area contributed by atoms with Gasteiger partial charge in [0.15, 0.2) is 0 Å². The minimum Gasteiger partial charge on any atom is -0.207 e. The molecule has 2 rings (SSSR count). The van der Waals surface area contributed by atoms with Gasteiger partial charge in [0.1, 0.15) is 0 Å². The van der Waals surface area contributed by atoms with Gasteiger partial charge in [0.05, 0.1) is 4.90 Å². The molecule has 1 atom stereocenters. The van der Waals surface area contributed by atoms with E-state index in [2.05, 4.69) is 0 Å². The van der Waals surface area contributed by atoms with Crippen LogP contribution in [0.3, 0.4) is 0 Å². The van der Waals surface area contributed by atoms with Crippen molar-refractivity contribution >= 4 is 21.6 Å². The van der Waals surface area contributed by atoms with Crippen LogP contribution in [-0.2, 0) is 10.0 Å². The van der Waals surface area contributed by atoms with E-state index in [1.165, 1.54) is 6.07 Å².